The molecule has 0 radical (unpaired) electrons. The van der Waals surface area contributed by atoms with Gasteiger partial charge in [-0.3, -0.25) is 4.79 Å². The van der Waals surface area contributed by atoms with Gasteiger partial charge in [0, 0.05) is 5.56 Å². The fourth-order valence-electron chi connectivity index (χ4n) is 1.50. The summed E-state index contributed by atoms with van der Waals surface area (Å²) in [6.45, 7) is 7.83. The van der Waals surface area contributed by atoms with Crippen LogP contribution in [0.1, 0.15) is 40.9 Å². The molecule has 0 saturated carbocycles. The quantitative estimate of drug-likeness (QED) is 0.633. The molecular weight excluding hydrogens is 160 g/mol. The highest BCUT2D eigenvalue weighted by molar-refractivity contribution is 5.95. The van der Waals surface area contributed by atoms with Gasteiger partial charge in [0.2, 0.25) is 0 Å². The summed E-state index contributed by atoms with van der Waals surface area (Å²) < 4.78 is 0. The predicted molar refractivity (Wildman–Crippen MR) is 55.3 cm³/mol. The summed E-state index contributed by atoms with van der Waals surface area (Å²) in [5.74, 6) is 0.167. The molecule has 0 heterocycles. The summed E-state index contributed by atoms with van der Waals surface area (Å²) in [6.07, 6.45) is 0.927. The topological polar surface area (TPSA) is 17.1 Å². The van der Waals surface area contributed by atoms with Gasteiger partial charge in [0.05, 0.1) is 0 Å². The maximum absolute atomic E-state index is 11.3. The Labute approximate surface area is 79.8 Å². The fraction of sp³-hybridized carbons (Fsp3) is 0.417. The zero-order valence-electron chi connectivity index (χ0n) is 8.77. The van der Waals surface area contributed by atoms with Crippen LogP contribution in [-0.2, 0) is 6.42 Å². The maximum atomic E-state index is 11.3. The van der Waals surface area contributed by atoms with Gasteiger partial charge in [-0.15, -0.1) is 0 Å². The van der Waals surface area contributed by atoms with Crippen LogP contribution in [0.15, 0.2) is 12.1 Å². The molecule has 0 amide bonds. The van der Waals surface area contributed by atoms with Crippen molar-refractivity contribution in [1.82, 2.24) is 0 Å². The molecule has 0 aliphatic heterocycles. The Kier molecular flexibility index (Phi) is 2.86. The lowest BCUT2D eigenvalue weighted by Crippen LogP contribution is -2.00. The number of aryl methyl sites for hydroxylation is 3. The third kappa shape index (κ3) is 1.97. The minimum absolute atomic E-state index is 0.167. The van der Waals surface area contributed by atoms with Crippen LogP contribution in [0.4, 0.5) is 0 Å². The zero-order chi connectivity index (χ0) is 10.0. The van der Waals surface area contributed by atoms with E-state index in [4.69, 9.17) is 0 Å². The van der Waals surface area contributed by atoms with E-state index in [0.717, 1.165) is 17.5 Å². The molecule has 0 atom stereocenters. The molecule has 0 fully saturated rings. The largest absolute Gasteiger partial charge is 0.295 e. The molecule has 0 unspecified atom stereocenters. The van der Waals surface area contributed by atoms with E-state index < -0.39 is 0 Å². The van der Waals surface area contributed by atoms with Gasteiger partial charge >= 0.3 is 0 Å². The standard InChI is InChI=1S/C12H16O/c1-5-11-6-8(2)9(3)7-12(11)10(4)13/h6-7H,5H2,1-4H3. The van der Waals surface area contributed by atoms with Gasteiger partial charge in [0.15, 0.2) is 5.78 Å². The van der Waals surface area contributed by atoms with Crippen molar-refractivity contribution in [2.24, 2.45) is 0 Å². The van der Waals surface area contributed by atoms with Gasteiger partial charge in [0.25, 0.3) is 0 Å². The normalized spacial score (nSPS) is 10.2. The number of hydrogen-bond donors (Lipinski definition) is 0. The van der Waals surface area contributed by atoms with Crippen LogP contribution in [-0.4, -0.2) is 5.78 Å². The van der Waals surface area contributed by atoms with E-state index in [0.29, 0.717) is 0 Å². The molecule has 1 heteroatoms. The summed E-state index contributed by atoms with van der Waals surface area (Å²) in [5, 5.41) is 0. The molecule has 1 rings (SSSR count). The summed E-state index contributed by atoms with van der Waals surface area (Å²) in [6, 6.07) is 4.11. The molecule has 0 N–H and O–H groups in total. The lowest BCUT2D eigenvalue weighted by Gasteiger charge is -2.08. The number of rotatable bonds is 2. The number of ketones is 1. The molecule has 1 aromatic rings. The van der Waals surface area contributed by atoms with Crippen LogP contribution in [0.5, 0.6) is 0 Å². The number of hydrogen-bond acceptors (Lipinski definition) is 1. The van der Waals surface area contributed by atoms with Crippen molar-refractivity contribution in [1.29, 1.82) is 0 Å². The van der Waals surface area contributed by atoms with E-state index >= 15 is 0 Å². The first-order chi connectivity index (χ1) is 6.06. The minimum atomic E-state index is 0.167. The van der Waals surface area contributed by atoms with Crippen LogP contribution < -0.4 is 0 Å². The van der Waals surface area contributed by atoms with Crippen LogP contribution in [0.3, 0.4) is 0 Å². The van der Waals surface area contributed by atoms with Crippen LogP contribution in [0, 0.1) is 13.8 Å². The van der Waals surface area contributed by atoms with Gasteiger partial charge in [0.1, 0.15) is 0 Å². The van der Waals surface area contributed by atoms with E-state index in [9.17, 15) is 4.79 Å². The summed E-state index contributed by atoms with van der Waals surface area (Å²) in [7, 11) is 0. The summed E-state index contributed by atoms with van der Waals surface area (Å²) in [5.41, 5.74) is 4.51. The highest BCUT2D eigenvalue weighted by atomic mass is 16.1. The van der Waals surface area contributed by atoms with Gasteiger partial charge < -0.3 is 0 Å². The van der Waals surface area contributed by atoms with Gasteiger partial charge in [-0.1, -0.05) is 13.0 Å². The van der Waals surface area contributed by atoms with Gasteiger partial charge in [-0.25, -0.2) is 0 Å². The van der Waals surface area contributed by atoms with Crippen molar-refractivity contribution in [3.63, 3.8) is 0 Å². The third-order valence-corrected chi connectivity index (χ3v) is 2.48. The lowest BCUT2D eigenvalue weighted by molar-refractivity contribution is 0.101. The third-order valence-electron chi connectivity index (χ3n) is 2.48. The molecule has 0 aliphatic carbocycles. The van der Waals surface area contributed by atoms with Gasteiger partial charge in [-0.2, -0.15) is 0 Å². The van der Waals surface area contributed by atoms with Crippen molar-refractivity contribution in [3.8, 4) is 0 Å². The number of Topliss-reactive ketones (excluding diaryl/α,β-unsaturated/α-hetero) is 1. The smallest absolute Gasteiger partial charge is 0.160 e. The molecule has 0 saturated heterocycles. The van der Waals surface area contributed by atoms with Crippen LogP contribution in [0.25, 0.3) is 0 Å². The number of carbonyl (C=O) groups is 1. The Hall–Kier alpha value is -1.11. The second kappa shape index (κ2) is 3.73. The Morgan fingerprint density at radius 1 is 1.23 bits per heavy atom. The van der Waals surface area contributed by atoms with Crippen molar-refractivity contribution >= 4 is 5.78 Å². The lowest BCUT2D eigenvalue weighted by atomic mass is 9.96. The molecule has 0 aliphatic rings. The van der Waals surface area contributed by atoms with Crippen molar-refractivity contribution in [3.05, 3.63) is 34.4 Å². The van der Waals surface area contributed by atoms with E-state index in [2.05, 4.69) is 19.9 Å². The first kappa shape index (κ1) is 9.97. The second-order valence-corrected chi connectivity index (χ2v) is 3.50. The molecule has 1 aromatic carbocycles. The first-order valence-electron chi connectivity index (χ1n) is 4.67. The molecule has 1 nitrogen and oxygen atoms in total. The second-order valence-electron chi connectivity index (χ2n) is 3.50. The zero-order valence-corrected chi connectivity index (χ0v) is 8.77. The van der Waals surface area contributed by atoms with Crippen molar-refractivity contribution in [2.75, 3.05) is 0 Å². The van der Waals surface area contributed by atoms with E-state index in [1.165, 1.54) is 11.1 Å². The molecule has 13 heavy (non-hydrogen) atoms. The Morgan fingerprint density at radius 2 is 1.77 bits per heavy atom. The molecule has 0 spiro atoms. The predicted octanol–water partition coefficient (Wildman–Crippen LogP) is 3.07. The SMILES string of the molecule is CCc1cc(C)c(C)cc1C(C)=O. The Morgan fingerprint density at radius 3 is 2.23 bits per heavy atom. The van der Waals surface area contributed by atoms with Gasteiger partial charge in [-0.05, 0) is 49.9 Å². The Balaban J connectivity index is 3.33. The number of benzene rings is 1. The maximum Gasteiger partial charge on any atom is 0.160 e. The fourth-order valence-corrected chi connectivity index (χ4v) is 1.50. The summed E-state index contributed by atoms with van der Waals surface area (Å²) >= 11 is 0. The van der Waals surface area contributed by atoms with E-state index in [1.54, 1.807) is 6.92 Å². The molecule has 0 bridgehead atoms. The monoisotopic (exact) mass is 176 g/mol. The highest BCUT2D eigenvalue weighted by Crippen LogP contribution is 2.17. The molecular formula is C12H16O. The number of carbonyl (C=O) groups excluding carboxylic acids is 1. The minimum Gasteiger partial charge on any atom is -0.295 e. The molecule has 70 valence electrons. The average Bonchev–Trinajstić information content (AvgIpc) is 2.08. The van der Waals surface area contributed by atoms with Crippen molar-refractivity contribution < 1.29 is 4.79 Å². The van der Waals surface area contributed by atoms with Crippen LogP contribution in [0.2, 0.25) is 0 Å². The molecule has 0 aromatic heterocycles. The first-order valence-corrected chi connectivity index (χ1v) is 4.67. The van der Waals surface area contributed by atoms with Crippen LogP contribution >= 0.6 is 0 Å². The van der Waals surface area contributed by atoms with Crippen molar-refractivity contribution in [2.45, 2.75) is 34.1 Å². The average molecular weight is 176 g/mol. The van der Waals surface area contributed by atoms with E-state index in [-0.39, 0.29) is 5.78 Å². The Bertz CT molecular complexity index is 337. The highest BCUT2D eigenvalue weighted by Gasteiger charge is 2.07. The summed E-state index contributed by atoms with van der Waals surface area (Å²) in [4.78, 5) is 11.3. The van der Waals surface area contributed by atoms with E-state index in [1.807, 2.05) is 13.0 Å².